The highest BCUT2D eigenvalue weighted by molar-refractivity contribution is 9.10. The van der Waals surface area contributed by atoms with Crippen LogP contribution in [0.3, 0.4) is 0 Å². The lowest BCUT2D eigenvalue weighted by molar-refractivity contribution is -0.128. The van der Waals surface area contributed by atoms with Crippen molar-refractivity contribution in [1.29, 1.82) is 0 Å². The Morgan fingerprint density at radius 1 is 1.48 bits per heavy atom. The maximum Gasteiger partial charge on any atom is 0.260 e. The Balaban J connectivity index is 1.91. The van der Waals surface area contributed by atoms with Crippen LogP contribution >= 0.6 is 15.9 Å². The number of amides is 1. The third kappa shape index (κ3) is 4.71. The highest BCUT2D eigenvalue weighted by Gasteiger charge is 2.22. The third-order valence-electron chi connectivity index (χ3n) is 3.80. The normalized spacial score (nSPS) is 16.7. The van der Waals surface area contributed by atoms with E-state index in [4.69, 9.17) is 10.5 Å². The number of benzene rings is 1. The van der Waals surface area contributed by atoms with Gasteiger partial charge in [-0.25, -0.2) is 0 Å². The van der Waals surface area contributed by atoms with Crippen LogP contribution < -0.4 is 15.8 Å². The predicted octanol–water partition coefficient (Wildman–Crippen LogP) is 2.78. The van der Waals surface area contributed by atoms with Crippen molar-refractivity contribution >= 4 is 21.8 Å². The number of carbonyl (C=O) groups excluding carboxylic acids is 1. The van der Waals surface area contributed by atoms with Gasteiger partial charge in [0, 0.05) is 6.04 Å². The summed E-state index contributed by atoms with van der Waals surface area (Å²) < 4.78 is 6.62. The van der Waals surface area contributed by atoms with Crippen molar-refractivity contribution in [2.75, 3.05) is 6.54 Å². The van der Waals surface area contributed by atoms with Crippen LogP contribution in [0.1, 0.15) is 38.2 Å². The molecule has 3 N–H and O–H groups in total. The van der Waals surface area contributed by atoms with E-state index in [2.05, 4.69) is 21.2 Å². The van der Waals surface area contributed by atoms with E-state index < -0.39 is 6.10 Å². The van der Waals surface area contributed by atoms with E-state index in [0.29, 0.717) is 18.3 Å². The number of halogens is 1. The van der Waals surface area contributed by atoms with Crippen molar-refractivity contribution in [1.82, 2.24) is 5.32 Å². The van der Waals surface area contributed by atoms with Crippen molar-refractivity contribution < 1.29 is 9.53 Å². The van der Waals surface area contributed by atoms with Gasteiger partial charge in [-0.15, -0.1) is 0 Å². The minimum atomic E-state index is -0.498. The molecule has 2 rings (SSSR count). The van der Waals surface area contributed by atoms with Gasteiger partial charge in [0.2, 0.25) is 0 Å². The summed E-state index contributed by atoms with van der Waals surface area (Å²) in [4.78, 5) is 12.1. The molecule has 1 aliphatic carbocycles. The van der Waals surface area contributed by atoms with Crippen LogP contribution in [0, 0.1) is 0 Å². The first-order valence-corrected chi connectivity index (χ1v) is 8.35. The lowest BCUT2D eigenvalue weighted by Crippen LogP contribution is -2.41. The van der Waals surface area contributed by atoms with Gasteiger partial charge in [-0.1, -0.05) is 18.9 Å². The first-order chi connectivity index (χ1) is 10.1. The molecular formula is C16H23BrN2O2. The molecule has 1 aromatic rings. The summed E-state index contributed by atoms with van der Waals surface area (Å²) in [5.41, 5.74) is 6.70. The fraction of sp³-hybridized carbons (Fsp3) is 0.562. The van der Waals surface area contributed by atoms with Crippen molar-refractivity contribution in [3.8, 4) is 5.75 Å². The number of nitrogens with two attached hydrogens (primary N) is 1. The summed E-state index contributed by atoms with van der Waals surface area (Å²) in [6.07, 6.45) is 4.90. The molecule has 1 aliphatic rings. The zero-order valence-corrected chi connectivity index (χ0v) is 14.0. The fourth-order valence-corrected chi connectivity index (χ4v) is 3.11. The standard InChI is InChI=1S/C16H23BrN2O2/c1-11(16(20)19-13-4-2-3-5-13)21-15-7-6-12(8-9-18)10-14(15)17/h6-7,10-11,13H,2-5,8-9,18H2,1H3,(H,19,20). The van der Waals surface area contributed by atoms with Crippen LogP contribution in [0.2, 0.25) is 0 Å². The van der Waals surface area contributed by atoms with Crippen LogP contribution in [0.15, 0.2) is 22.7 Å². The van der Waals surface area contributed by atoms with Gasteiger partial charge < -0.3 is 15.8 Å². The highest BCUT2D eigenvalue weighted by atomic mass is 79.9. The van der Waals surface area contributed by atoms with Crippen molar-refractivity contribution in [2.24, 2.45) is 5.73 Å². The van der Waals surface area contributed by atoms with Gasteiger partial charge in [0.1, 0.15) is 5.75 Å². The van der Waals surface area contributed by atoms with Crippen LogP contribution in [-0.4, -0.2) is 24.6 Å². The van der Waals surface area contributed by atoms with Gasteiger partial charge >= 0.3 is 0 Å². The lowest BCUT2D eigenvalue weighted by Gasteiger charge is -2.19. The van der Waals surface area contributed by atoms with E-state index in [1.165, 1.54) is 12.8 Å². The van der Waals surface area contributed by atoms with E-state index in [-0.39, 0.29) is 5.91 Å². The van der Waals surface area contributed by atoms with Gasteiger partial charge in [0.15, 0.2) is 6.10 Å². The van der Waals surface area contributed by atoms with Gasteiger partial charge in [-0.2, -0.15) is 0 Å². The van der Waals surface area contributed by atoms with Crippen LogP contribution in [0.5, 0.6) is 5.75 Å². The molecule has 1 aromatic carbocycles. The molecule has 4 nitrogen and oxygen atoms in total. The van der Waals surface area contributed by atoms with Crippen molar-refractivity contribution in [3.05, 3.63) is 28.2 Å². The summed E-state index contributed by atoms with van der Waals surface area (Å²) in [5.74, 6) is 0.643. The van der Waals surface area contributed by atoms with E-state index in [0.717, 1.165) is 29.3 Å². The molecule has 0 saturated heterocycles. The molecule has 116 valence electrons. The molecule has 1 atom stereocenters. The number of ether oxygens (including phenoxy) is 1. The largest absolute Gasteiger partial charge is 0.480 e. The molecule has 1 fully saturated rings. The molecule has 0 radical (unpaired) electrons. The van der Waals surface area contributed by atoms with Crippen LogP contribution in [0.25, 0.3) is 0 Å². The summed E-state index contributed by atoms with van der Waals surface area (Å²) in [6, 6.07) is 6.17. The number of nitrogens with one attached hydrogen (secondary N) is 1. The molecule has 0 aromatic heterocycles. The first kappa shape index (κ1) is 16.3. The van der Waals surface area contributed by atoms with Crippen LogP contribution in [-0.2, 0) is 11.2 Å². The van der Waals surface area contributed by atoms with E-state index >= 15 is 0 Å². The fourth-order valence-electron chi connectivity index (χ4n) is 2.59. The summed E-state index contributed by atoms with van der Waals surface area (Å²) >= 11 is 3.49. The monoisotopic (exact) mass is 354 g/mol. The Morgan fingerprint density at radius 3 is 2.81 bits per heavy atom. The van der Waals surface area contributed by atoms with E-state index in [9.17, 15) is 4.79 Å². The zero-order valence-electron chi connectivity index (χ0n) is 12.4. The Bertz CT molecular complexity index is 487. The quantitative estimate of drug-likeness (QED) is 0.825. The minimum absolute atomic E-state index is 0.0418. The summed E-state index contributed by atoms with van der Waals surface area (Å²) in [6.45, 7) is 2.40. The minimum Gasteiger partial charge on any atom is -0.480 e. The summed E-state index contributed by atoms with van der Waals surface area (Å²) in [5, 5.41) is 3.05. The zero-order chi connectivity index (χ0) is 15.2. The molecule has 1 unspecified atom stereocenters. The molecule has 0 aliphatic heterocycles. The molecule has 0 spiro atoms. The first-order valence-electron chi connectivity index (χ1n) is 7.55. The second kappa shape index (κ2) is 7.80. The van der Waals surface area contributed by atoms with Crippen molar-refractivity contribution in [2.45, 2.75) is 51.2 Å². The average Bonchev–Trinajstić information content (AvgIpc) is 2.95. The smallest absolute Gasteiger partial charge is 0.260 e. The van der Waals surface area contributed by atoms with Gasteiger partial charge in [0.25, 0.3) is 5.91 Å². The SMILES string of the molecule is CC(Oc1ccc(CCN)cc1Br)C(=O)NC1CCCC1. The number of hydrogen-bond acceptors (Lipinski definition) is 3. The second-order valence-electron chi connectivity index (χ2n) is 5.55. The molecule has 1 saturated carbocycles. The third-order valence-corrected chi connectivity index (χ3v) is 4.42. The number of carbonyl (C=O) groups is 1. The molecule has 21 heavy (non-hydrogen) atoms. The maximum atomic E-state index is 12.1. The predicted molar refractivity (Wildman–Crippen MR) is 87.4 cm³/mol. The molecule has 5 heteroatoms. The Kier molecular flexibility index (Phi) is 6.06. The Morgan fingerprint density at radius 2 is 2.19 bits per heavy atom. The summed E-state index contributed by atoms with van der Waals surface area (Å²) in [7, 11) is 0. The average molecular weight is 355 g/mol. The molecule has 1 amide bonds. The number of hydrogen-bond donors (Lipinski definition) is 2. The lowest BCUT2D eigenvalue weighted by atomic mass is 10.1. The molecule has 0 bridgehead atoms. The van der Waals surface area contributed by atoms with Crippen LogP contribution in [0.4, 0.5) is 0 Å². The Hall–Kier alpha value is -1.07. The highest BCUT2D eigenvalue weighted by Crippen LogP contribution is 2.27. The topological polar surface area (TPSA) is 64.3 Å². The van der Waals surface area contributed by atoms with E-state index in [1.54, 1.807) is 6.92 Å². The molecular weight excluding hydrogens is 332 g/mol. The maximum absolute atomic E-state index is 12.1. The van der Waals surface area contributed by atoms with Gasteiger partial charge in [-0.3, -0.25) is 4.79 Å². The molecule has 0 heterocycles. The van der Waals surface area contributed by atoms with Gasteiger partial charge in [-0.05, 0) is 66.4 Å². The second-order valence-corrected chi connectivity index (χ2v) is 6.41. The van der Waals surface area contributed by atoms with Crippen molar-refractivity contribution in [3.63, 3.8) is 0 Å². The van der Waals surface area contributed by atoms with E-state index in [1.807, 2.05) is 18.2 Å². The number of rotatable bonds is 6. The Labute approximate surface area is 134 Å². The van der Waals surface area contributed by atoms with Gasteiger partial charge in [0.05, 0.1) is 4.47 Å².